The number of nitrogens with zero attached hydrogens (tertiary/aromatic N) is 2. The molecule has 2 atom stereocenters. The van der Waals surface area contributed by atoms with Gasteiger partial charge in [0.15, 0.2) is 0 Å². The first-order chi connectivity index (χ1) is 8.28. The number of hydrogen-bond acceptors (Lipinski definition) is 4. The first-order valence-electron chi connectivity index (χ1n) is 6.40. The lowest BCUT2D eigenvalue weighted by Crippen LogP contribution is -2.19. The molecule has 1 fully saturated rings. The largest absolute Gasteiger partial charge is 0.367 e. The summed E-state index contributed by atoms with van der Waals surface area (Å²) >= 11 is 1.66. The van der Waals surface area contributed by atoms with E-state index >= 15 is 0 Å². The second-order valence-electron chi connectivity index (χ2n) is 4.90. The molecule has 2 unspecified atom stereocenters. The first-order valence-corrected chi connectivity index (χ1v) is 7.63. The van der Waals surface area contributed by atoms with Gasteiger partial charge in [0, 0.05) is 12.1 Å². The fraction of sp³-hybridized carbons (Fsp3) is 0.692. The standard InChI is InChI=1S/C13H21N3S/c1-10-4-3-5-11(7-6-10)16-12-8-13(17-2)15-9-14-12/h8-11H,3-7H2,1-2H3,(H,14,15,16). The maximum atomic E-state index is 4.30. The van der Waals surface area contributed by atoms with Crippen LogP contribution in [-0.2, 0) is 0 Å². The van der Waals surface area contributed by atoms with Gasteiger partial charge in [0.2, 0.25) is 0 Å². The van der Waals surface area contributed by atoms with Gasteiger partial charge in [-0.25, -0.2) is 9.97 Å². The molecule has 0 aromatic carbocycles. The molecule has 4 heteroatoms. The summed E-state index contributed by atoms with van der Waals surface area (Å²) in [5.41, 5.74) is 0. The van der Waals surface area contributed by atoms with Crippen molar-refractivity contribution in [2.45, 2.75) is 50.1 Å². The monoisotopic (exact) mass is 251 g/mol. The maximum Gasteiger partial charge on any atom is 0.130 e. The number of aromatic nitrogens is 2. The summed E-state index contributed by atoms with van der Waals surface area (Å²) in [4.78, 5) is 8.49. The van der Waals surface area contributed by atoms with Crippen LogP contribution >= 0.6 is 11.8 Å². The summed E-state index contributed by atoms with van der Waals surface area (Å²) in [6.07, 6.45) is 10.3. The minimum absolute atomic E-state index is 0.588. The molecule has 3 nitrogen and oxygen atoms in total. The zero-order valence-electron chi connectivity index (χ0n) is 10.6. The Balaban J connectivity index is 1.94. The van der Waals surface area contributed by atoms with Crippen LogP contribution in [0.25, 0.3) is 0 Å². The summed E-state index contributed by atoms with van der Waals surface area (Å²) in [5, 5.41) is 4.58. The smallest absolute Gasteiger partial charge is 0.130 e. The summed E-state index contributed by atoms with van der Waals surface area (Å²) in [7, 11) is 0. The van der Waals surface area contributed by atoms with E-state index in [-0.39, 0.29) is 0 Å². The number of rotatable bonds is 3. The average Bonchev–Trinajstić information content (AvgIpc) is 2.55. The van der Waals surface area contributed by atoms with E-state index in [4.69, 9.17) is 0 Å². The Bertz CT molecular complexity index is 356. The van der Waals surface area contributed by atoms with E-state index in [0.29, 0.717) is 6.04 Å². The van der Waals surface area contributed by atoms with E-state index < -0.39 is 0 Å². The van der Waals surface area contributed by atoms with Crippen molar-refractivity contribution in [1.82, 2.24) is 9.97 Å². The zero-order valence-corrected chi connectivity index (χ0v) is 11.5. The van der Waals surface area contributed by atoms with Gasteiger partial charge in [0.1, 0.15) is 17.2 Å². The molecule has 17 heavy (non-hydrogen) atoms. The van der Waals surface area contributed by atoms with Gasteiger partial charge in [0.25, 0.3) is 0 Å². The van der Waals surface area contributed by atoms with E-state index in [1.807, 2.05) is 12.3 Å². The highest BCUT2D eigenvalue weighted by Crippen LogP contribution is 2.25. The van der Waals surface area contributed by atoms with Crippen LogP contribution in [0.5, 0.6) is 0 Å². The van der Waals surface area contributed by atoms with E-state index in [9.17, 15) is 0 Å². The Morgan fingerprint density at radius 1 is 1.24 bits per heavy atom. The third kappa shape index (κ3) is 3.87. The second-order valence-corrected chi connectivity index (χ2v) is 5.73. The van der Waals surface area contributed by atoms with Crippen molar-refractivity contribution in [3.63, 3.8) is 0 Å². The number of thioether (sulfide) groups is 1. The summed E-state index contributed by atoms with van der Waals surface area (Å²) in [6, 6.07) is 2.63. The van der Waals surface area contributed by atoms with Crippen molar-refractivity contribution < 1.29 is 0 Å². The van der Waals surface area contributed by atoms with Crippen LogP contribution < -0.4 is 5.32 Å². The fourth-order valence-corrected chi connectivity index (χ4v) is 2.75. The van der Waals surface area contributed by atoms with E-state index in [2.05, 4.69) is 22.2 Å². The molecule has 0 radical (unpaired) electrons. The van der Waals surface area contributed by atoms with Gasteiger partial charge in [-0.3, -0.25) is 0 Å². The second kappa shape index (κ2) is 6.24. The van der Waals surface area contributed by atoms with Gasteiger partial charge >= 0.3 is 0 Å². The fourth-order valence-electron chi connectivity index (χ4n) is 2.37. The average molecular weight is 251 g/mol. The lowest BCUT2D eigenvalue weighted by atomic mass is 10.0. The van der Waals surface area contributed by atoms with E-state index in [1.165, 1.54) is 32.1 Å². The van der Waals surface area contributed by atoms with Crippen molar-refractivity contribution in [2.24, 2.45) is 5.92 Å². The molecule has 1 N–H and O–H groups in total. The topological polar surface area (TPSA) is 37.8 Å². The molecule has 2 rings (SSSR count). The minimum Gasteiger partial charge on any atom is -0.367 e. The Morgan fingerprint density at radius 2 is 2.12 bits per heavy atom. The molecule has 0 aliphatic heterocycles. The molecule has 1 aliphatic carbocycles. The molecule has 0 saturated heterocycles. The highest BCUT2D eigenvalue weighted by molar-refractivity contribution is 7.98. The van der Waals surface area contributed by atoms with Gasteiger partial charge < -0.3 is 5.32 Å². The van der Waals surface area contributed by atoms with Gasteiger partial charge in [-0.05, 0) is 31.4 Å². The molecule has 1 aliphatic rings. The van der Waals surface area contributed by atoms with Gasteiger partial charge in [-0.1, -0.05) is 19.8 Å². The van der Waals surface area contributed by atoms with Crippen molar-refractivity contribution in [3.8, 4) is 0 Å². The normalized spacial score (nSPS) is 25.3. The minimum atomic E-state index is 0.588. The summed E-state index contributed by atoms with van der Waals surface area (Å²) in [5.74, 6) is 1.86. The Morgan fingerprint density at radius 3 is 2.94 bits per heavy atom. The molecule has 1 aromatic heterocycles. The third-order valence-corrected chi connectivity index (χ3v) is 4.10. The van der Waals surface area contributed by atoms with Crippen LogP contribution in [0.3, 0.4) is 0 Å². The number of hydrogen-bond donors (Lipinski definition) is 1. The molecular formula is C13H21N3S. The van der Waals surface area contributed by atoms with Gasteiger partial charge in [0.05, 0.1) is 0 Å². The maximum absolute atomic E-state index is 4.30. The van der Waals surface area contributed by atoms with Crippen LogP contribution in [0.4, 0.5) is 5.82 Å². The molecule has 1 heterocycles. The predicted molar refractivity (Wildman–Crippen MR) is 73.5 cm³/mol. The van der Waals surface area contributed by atoms with Gasteiger partial charge in [-0.2, -0.15) is 0 Å². The SMILES string of the molecule is CSc1cc(NC2CCCC(C)CC2)ncn1. The van der Waals surface area contributed by atoms with Gasteiger partial charge in [-0.15, -0.1) is 11.8 Å². The quantitative estimate of drug-likeness (QED) is 0.506. The molecular weight excluding hydrogens is 230 g/mol. The Labute approximate surface area is 108 Å². The zero-order chi connectivity index (χ0) is 12.1. The number of anilines is 1. The molecule has 0 bridgehead atoms. The molecule has 1 aromatic rings. The van der Waals surface area contributed by atoms with Crippen LogP contribution in [0, 0.1) is 5.92 Å². The predicted octanol–water partition coefficient (Wildman–Crippen LogP) is 3.58. The Hall–Kier alpha value is -0.770. The molecule has 0 amide bonds. The van der Waals surface area contributed by atoms with Crippen molar-refractivity contribution in [2.75, 3.05) is 11.6 Å². The van der Waals surface area contributed by atoms with Crippen molar-refractivity contribution >= 4 is 17.6 Å². The van der Waals surface area contributed by atoms with Crippen LogP contribution in [-0.4, -0.2) is 22.3 Å². The third-order valence-electron chi connectivity index (χ3n) is 3.46. The van der Waals surface area contributed by atoms with Crippen molar-refractivity contribution in [1.29, 1.82) is 0 Å². The lowest BCUT2D eigenvalue weighted by Gasteiger charge is -2.17. The lowest BCUT2D eigenvalue weighted by molar-refractivity contribution is 0.502. The van der Waals surface area contributed by atoms with E-state index in [1.54, 1.807) is 18.1 Å². The summed E-state index contributed by atoms with van der Waals surface area (Å²) in [6.45, 7) is 2.36. The molecule has 94 valence electrons. The first kappa shape index (κ1) is 12.7. The highest BCUT2D eigenvalue weighted by atomic mass is 32.2. The van der Waals surface area contributed by atoms with Crippen molar-refractivity contribution in [3.05, 3.63) is 12.4 Å². The molecule has 0 spiro atoms. The number of nitrogens with one attached hydrogen (secondary N) is 1. The van der Waals surface area contributed by atoms with Crippen LogP contribution in [0.1, 0.15) is 39.0 Å². The van der Waals surface area contributed by atoms with Crippen LogP contribution in [0.2, 0.25) is 0 Å². The van der Waals surface area contributed by atoms with Crippen LogP contribution in [0.15, 0.2) is 17.4 Å². The Kier molecular flexibility index (Phi) is 4.66. The highest BCUT2D eigenvalue weighted by Gasteiger charge is 2.16. The summed E-state index contributed by atoms with van der Waals surface area (Å²) < 4.78 is 0. The molecule has 1 saturated carbocycles. The van der Waals surface area contributed by atoms with E-state index in [0.717, 1.165) is 16.8 Å².